The van der Waals surface area contributed by atoms with Crippen molar-refractivity contribution in [2.24, 2.45) is 5.92 Å². The summed E-state index contributed by atoms with van der Waals surface area (Å²) >= 11 is 3.55. The van der Waals surface area contributed by atoms with Crippen molar-refractivity contribution < 1.29 is 9.59 Å². The Bertz CT molecular complexity index is 893. The van der Waals surface area contributed by atoms with Crippen LogP contribution in [-0.2, 0) is 11.2 Å². The Morgan fingerprint density at radius 1 is 1.21 bits per heavy atom. The van der Waals surface area contributed by atoms with Gasteiger partial charge in [-0.15, -0.1) is 22.7 Å². The molecule has 1 aliphatic carbocycles. The molecule has 5 rings (SSSR count). The number of urea groups is 1. The Kier molecular flexibility index (Phi) is 4.56. The van der Waals surface area contributed by atoms with E-state index in [1.54, 1.807) is 11.3 Å². The molecule has 2 aliphatic heterocycles. The Labute approximate surface area is 173 Å². The van der Waals surface area contributed by atoms with E-state index in [0.29, 0.717) is 6.67 Å². The minimum atomic E-state index is -0.683. The first-order chi connectivity index (χ1) is 13.6. The maximum atomic E-state index is 13.4. The Morgan fingerprint density at radius 2 is 2.11 bits per heavy atom. The van der Waals surface area contributed by atoms with Crippen molar-refractivity contribution in [1.82, 2.24) is 15.1 Å². The molecule has 5 nitrogen and oxygen atoms in total. The molecule has 2 aromatic rings. The first kappa shape index (κ1) is 18.3. The molecule has 1 N–H and O–H groups in total. The maximum absolute atomic E-state index is 13.4. The van der Waals surface area contributed by atoms with Crippen LogP contribution >= 0.6 is 22.7 Å². The number of hydrogen-bond acceptors (Lipinski definition) is 5. The van der Waals surface area contributed by atoms with Crippen molar-refractivity contribution in [3.05, 3.63) is 44.3 Å². The molecule has 0 unspecified atom stereocenters. The molecule has 1 spiro atoms. The fourth-order valence-electron chi connectivity index (χ4n) is 5.11. The van der Waals surface area contributed by atoms with Gasteiger partial charge < -0.3 is 5.32 Å². The summed E-state index contributed by atoms with van der Waals surface area (Å²) in [6, 6.07) is 6.33. The predicted octanol–water partition coefficient (Wildman–Crippen LogP) is 4.22. The zero-order valence-corrected chi connectivity index (χ0v) is 17.7. The third-order valence-corrected chi connectivity index (χ3v) is 8.62. The number of imide groups is 1. The molecule has 0 bridgehead atoms. The first-order valence-corrected chi connectivity index (χ1v) is 11.8. The molecule has 0 radical (unpaired) electrons. The lowest BCUT2D eigenvalue weighted by molar-refractivity contribution is -0.136. The highest BCUT2D eigenvalue weighted by atomic mass is 32.1. The van der Waals surface area contributed by atoms with Gasteiger partial charge in [-0.2, -0.15) is 0 Å². The standard InChI is InChI=1S/C21H25N3O2S2/c1-14-5-2-3-9-21(14)19(25)24(20(26)22-21)13-23-10-7-16-15(8-12-28-16)18(23)17-6-4-11-27-17/h4,6,8,11-12,14,18H,2-3,5,7,9-10,13H2,1H3,(H,22,26)/t14-,18+,21-/m1/s1. The number of amides is 3. The molecule has 4 heterocycles. The third kappa shape index (κ3) is 2.75. The van der Waals surface area contributed by atoms with Gasteiger partial charge in [0.05, 0.1) is 12.7 Å². The van der Waals surface area contributed by atoms with Gasteiger partial charge in [0, 0.05) is 16.3 Å². The summed E-state index contributed by atoms with van der Waals surface area (Å²) in [5.74, 6) is 0.173. The SMILES string of the molecule is C[C@@H]1CCCC[C@@]12NC(=O)N(CN1CCc3sccc3[C@H]1c1cccs1)C2=O. The quantitative estimate of drug-likeness (QED) is 0.764. The second-order valence-electron chi connectivity index (χ2n) is 8.20. The zero-order chi connectivity index (χ0) is 19.3. The molecule has 2 fully saturated rings. The van der Waals surface area contributed by atoms with Crippen LogP contribution in [0.25, 0.3) is 0 Å². The Morgan fingerprint density at radius 3 is 2.89 bits per heavy atom. The summed E-state index contributed by atoms with van der Waals surface area (Å²) in [6.45, 7) is 3.32. The van der Waals surface area contributed by atoms with Crippen molar-refractivity contribution in [3.8, 4) is 0 Å². The van der Waals surface area contributed by atoms with Crippen molar-refractivity contribution in [1.29, 1.82) is 0 Å². The van der Waals surface area contributed by atoms with E-state index in [2.05, 4.69) is 46.1 Å². The highest BCUT2D eigenvalue weighted by molar-refractivity contribution is 7.10. The largest absolute Gasteiger partial charge is 0.326 e. The van der Waals surface area contributed by atoms with Gasteiger partial charge >= 0.3 is 6.03 Å². The van der Waals surface area contributed by atoms with Gasteiger partial charge in [0.15, 0.2) is 0 Å². The number of nitrogens with zero attached hydrogens (tertiary/aromatic N) is 2. The minimum Gasteiger partial charge on any atom is -0.323 e. The van der Waals surface area contributed by atoms with Crippen molar-refractivity contribution in [2.75, 3.05) is 13.2 Å². The molecule has 28 heavy (non-hydrogen) atoms. The molecular weight excluding hydrogens is 390 g/mol. The fraction of sp³-hybridized carbons (Fsp3) is 0.524. The van der Waals surface area contributed by atoms with Gasteiger partial charge in [0.2, 0.25) is 0 Å². The van der Waals surface area contributed by atoms with Gasteiger partial charge in [-0.05, 0) is 53.6 Å². The van der Waals surface area contributed by atoms with Gasteiger partial charge in [0.25, 0.3) is 5.91 Å². The lowest BCUT2D eigenvalue weighted by Crippen LogP contribution is -2.54. The zero-order valence-electron chi connectivity index (χ0n) is 16.0. The summed E-state index contributed by atoms with van der Waals surface area (Å²) in [6.07, 6.45) is 4.88. The van der Waals surface area contributed by atoms with Crippen LogP contribution in [0.5, 0.6) is 0 Å². The monoisotopic (exact) mass is 415 g/mol. The lowest BCUT2D eigenvalue weighted by Gasteiger charge is -2.39. The maximum Gasteiger partial charge on any atom is 0.326 e. The van der Waals surface area contributed by atoms with Crippen molar-refractivity contribution >= 4 is 34.6 Å². The summed E-state index contributed by atoms with van der Waals surface area (Å²) in [4.78, 5) is 32.7. The van der Waals surface area contributed by atoms with Gasteiger partial charge in [-0.3, -0.25) is 9.69 Å². The summed E-state index contributed by atoms with van der Waals surface area (Å²) in [5, 5.41) is 7.34. The minimum absolute atomic E-state index is 0.0225. The van der Waals surface area contributed by atoms with Gasteiger partial charge in [-0.25, -0.2) is 9.69 Å². The lowest BCUT2D eigenvalue weighted by atomic mass is 9.73. The number of fused-ring (bicyclic) bond motifs is 1. The van der Waals surface area contributed by atoms with Gasteiger partial charge in [-0.1, -0.05) is 25.8 Å². The van der Waals surface area contributed by atoms with E-state index in [1.807, 2.05) is 11.3 Å². The van der Waals surface area contributed by atoms with E-state index >= 15 is 0 Å². The second-order valence-corrected chi connectivity index (χ2v) is 10.2. The number of thiophene rings is 2. The highest BCUT2D eigenvalue weighted by Gasteiger charge is 2.55. The number of carbonyl (C=O) groups excluding carboxylic acids is 2. The molecule has 1 saturated carbocycles. The van der Waals surface area contributed by atoms with Crippen LogP contribution in [0.15, 0.2) is 29.0 Å². The average molecular weight is 416 g/mol. The topological polar surface area (TPSA) is 52.7 Å². The van der Waals surface area contributed by atoms with E-state index in [4.69, 9.17) is 0 Å². The summed E-state index contributed by atoms with van der Waals surface area (Å²) in [7, 11) is 0. The molecule has 3 amide bonds. The van der Waals surface area contributed by atoms with Crippen molar-refractivity contribution in [3.63, 3.8) is 0 Å². The number of nitrogens with one attached hydrogen (secondary N) is 1. The number of rotatable bonds is 3. The van der Waals surface area contributed by atoms with E-state index in [-0.39, 0.29) is 23.9 Å². The third-order valence-electron chi connectivity index (χ3n) is 6.70. The fourth-order valence-corrected chi connectivity index (χ4v) is 6.89. The van der Waals surface area contributed by atoms with Gasteiger partial charge in [0.1, 0.15) is 5.54 Å². The number of carbonyl (C=O) groups is 2. The van der Waals surface area contributed by atoms with Crippen LogP contribution in [0.4, 0.5) is 4.79 Å². The molecule has 2 aromatic heterocycles. The van der Waals surface area contributed by atoms with Crippen LogP contribution < -0.4 is 5.32 Å². The van der Waals surface area contributed by atoms with Crippen molar-refractivity contribution in [2.45, 2.75) is 50.6 Å². The normalized spacial score (nSPS) is 30.7. The van der Waals surface area contributed by atoms with Crippen LogP contribution in [-0.4, -0.2) is 40.5 Å². The molecule has 3 aliphatic rings. The first-order valence-electron chi connectivity index (χ1n) is 10.1. The van der Waals surface area contributed by atoms with Crippen LogP contribution in [0.3, 0.4) is 0 Å². The van der Waals surface area contributed by atoms with E-state index in [0.717, 1.165) is 38.6 Å². The van der Waals surface area contributed by atoms with E-state index < -0.39 is 5.54 Å². The summed E-state index contributed by atoms with van der Waals surface area (Å²) in [5.41, 5.74) is 0.642. The Balaban J connectivity index is 1.44. The molecule has 1 saturated heterocycles. The van der Waals surface area contributed by atoms with Crippen LogP contribution in [0.1, 0.15) is 54.0 Å². The van der Waals surface area contributed by atoms with Crippen LogP contribution in [0, 0.1) is 5.92 Å². The highest BCUT2D eigenvalue weighted by Crippen LogP contribution is 2.41. The second kappa shape index (κ2) is 6.97. The van der Waals surface area contributed by atoms with E-state index in [1.165, 1.54) is 20.2 Å². The van der Waals surface area contributed by atoms with E-state index in [9.17, 15) is 9.59 Å². The molecule has 0 aromatic carbocycles. The molecular formula is C21H25N3O2S2. The molecule has 3 atom stereocenters. The molecule has 148 valence electrons. The smallest absolute Gasteiger partial charge is 0.323 e. The number of hydrogen-bond donors (Lipinski definition) is 1. The molecule has 7 heteroatoms. The van der Waals surface area contributed by atoms with Crippen LogP contribution in [0.2, 0.25) is 0 Å². The summed E-state index contributed by atoms with van der Waals surface area (Å²) < 4.78 is 0. The predicted molar refractivity (Wildman–Crippen MR) is 111 cm³/mol. The Hall–Kier alpha value is -1.70. The average Bonchev–Trinajstić information content (AvgIpc) is 3.42.